The standard InChI is InChI=1S/C21H28N2O4S/c1-13-8-9-18(27-2)16(12-13)22-19(24)17(10-11-28-3)23-20(25)14-6-4-5-7-15(14)21(23)26/h8-9,12,14-15,17H,4-7,10-11H2,1-3H3,(H,22,24)/t14-,15+,17-/m1/s1. The molecule has 7 heteroatoms. The van der Waals surface area contributed by atoms with Crippen molar-refractivity contribution in [3.05, 3.63) is 23.8 Å². The van der Waals surface area contributed by atoms with Gasteiger partial charge in [0.15, 0.2) is 0 Å². The molecule has 1 aliphatic carbocycles. The number of hydrogen-bond acceptors (Lipinski definition) is 5. The average Bonchev–Trinajstić information content (AvgIpc) is 2.94. The molecule has 0 spiro atoms. The molecule has 28 heavy (non-hydrogen) atoms. The third-order valence-electron chi connectivity index (χ3n) is 5.70. The highest BCUT2D eigenvalue weighted by atomic mass is 32.2. The van der Waals surface area contributed by atoms with Gasteiger partial charge in [0, 0.05) is 0 Å². The molecule has 6 nitrogen and oxygen atoms in total. The summed E-state index contributed by atoms with van der Waals surface area (Å²) in [6.07, 6.45) is 5.82. The minimum Gasteiger partial charge on any atom is -0.495 e. The van der Waals surface area contributed by atoms with Gasteiger partial charge in [-0.05, 0) is 55.9 Å². The molecule has 0 bridgehead atoms. The summed E-state index contributed by atoms with van der Waals surface area (Å²) in [4.78, 5) is 40.4. The van der Waals surface area contributed by atoms with E-state index in [0.29, 0.717) is 23.6 Å². The van der Waals surface area contributed by atoms with Crippen LogP contribution < -0.4 is 10.1 Å². The summed E-state index contributed by atoms with van der Waals surface area (Å²) >= 11 is 1.60. The van der Waals surface area contributed by atoms with Crippen molar-refractivity contribution in [2.24, 2.45) is 11.8 Å². The minimum absolute atomic E-state index is 0.174. The first-order chi connectivity index (χ1) is 13.5. The molecule has 1 saturated carbocycles. The second-order valence-corrected chi connectivity index (χ2v) is 8.52. The van der Waals surface area contributed by atoms with E-state index in [2.05, 4.69) is 5.32 Å². The molecule has 0 aromatic heterocycles. The molecule has 1 N–H and O–H groups in total. The van der Waals surface area contributed by atoms with E-state index in [1.807, 2.05) is 25.3 Å². The third kappa shape index (κ3) is 4.04. The molecule has 3 rings (SSSR count). The maximum atomic E-state index is 13.2. The molecule has 3 amide bonds. The Kier molecular flexibility index (Phi) is 6.65. The predicted molar refractivity (Wildman–Crippen MR) is 110 cm³/mol. The molecule has 1 aromatic carbocycles. The molecular weight excluding hydrogens is 376 g/mol. The van der Waals surface area contributed by atoms with Crippen molar-refractivity contribution in [1.29, 1.82) is 0 Å². The van der Waals surface area contributed by atoms with E-state index in [4.69, 9.17) is 4.74 Å². The van der Waals surface area contributed by atoms with Crippen molar-refractivity contribution < 1.29 is 19.1 Å². The number of likely N-dealkylation sites (tertiary alicyclic amines) is 1. The fraction of sp³-hybridized carbons (Fsp3) is 0.571. The SMILES string of the molecule is COc1ccc(C)cc1NC(=O)[C@@H](CCSC)N1C(=O)[C@H]2CCCC[C@H]2C1=O. The first-order valence-electron chi connectivity index (χ1n) is 9.79. The third-order valence-corrected chi connectivity index (χ3v) is 6.34. The van der Waals surface area contributed by atoms with E-state index >= 15 is 0 Å². The number of thioether (sulfide) groups is 1. The Labute approximate surface area is 170 Å². The first-order valence-corrected chi connectivity index (χ1v) is 11.2. The number of imide groups is 1. The number of fused-ring (bicyclic) bond motifs is 1. The van der Waals surface area contributed by atoms with Gasteiger partial charge in [0.1, 0.15) is 11.8 Å². The summed E-state index contributed by atoms with van der Waals surface area (Å²) in [5.41, 5.74) is 1.54. The number of rotatable bonds is 7. The fourth-order valence-electron chi connectivity index (χ4n) is 4.24. The molecule has 1 saturated heterocycles. The lowest BCUT2D eigenvalue weighted by atomic mass is 9.81. The minimum atomic E-state index is -0.789. The molecule has 2 fully saturated rings. The fourth-order valence-corrected chi connectivity index (χ4v) is 4.70. The van der Waals surface area contributed by atoms with Gasteiger partial charge in [-0.2, -0.15) is 11.8 Å². The highest BCUT2D eigenvalue weighted by molar-refractivity contribution is 7.98. The van der Waals surface area contributed by atoms with Crippen LogP contribution in [0.4, 0.5) is 5.69 Å². The Bertz CT molecular complexity index is 743. The van der Waals surface area contributed by atoms with E-state index in [1.54, 1.807) is 24.9 Å². The number of aryl methyl sites for hydroxylation is 1. The Morgan fingerprint density at radius 2 is 1.89 bits per heavy atom. The number of nitrogens with one attached hydrogen (secondary N) is 1. The lowest BCUT2D eigenvalue weighted by molar-refractivity contribution is -0.146. The summed E-state index contributed by atoms with van der Waals surface area (Å²) in [6.45, 7) is 1.93. The van der Waals surface area contributed by atoms with Crippen molar-refractivity contribution >= 4 is 35.2 Å². The highest BCUT2D eigenvalue weighted by Gasteiger charge is 2.51. The molecular formula is C21H28N2O4S. The number of methoxy groups -OCH3 is 1. The van der Waals surface area contributed by atoms with Gasteiger partial charge in [-0.1, -0.05) is 18.9 Å². The van der Waals surface area contributed by atoms with Crippen LogP contribution in [-0.2, 0) is 14.4 Å². The van der Waals surface area contributed by atoms with E-state index in [1.165, 1.54) is 4.90 Å². The quantitative estimate of drug-likeness (QED) is 0.706. The van der Waals surface area contributed by atoms with Crippen LogP contribution in [0.1, 0.15) is 37.7 Å². The Morgan fingerprint density at radius 1 is 1.25 bits per heavy atom. The number of carbonyl (C=O) groups excluding carboxylic acids is 3. The van der Waals surface area contributed by atoms with Crippen LogP contribution in [-0.4, -0.2) is 47.8 Å². The van der Waals surface area contributed by atoms with Crippen LogP contribution in [0.15, 0.2) is 18.2 Å². The summed E-state index contributed by atoms with van der Waals surface area (Å²) in [7, 11) is 1.55. The van der Waals surface area contributed by atoms with Crippen molar-refractivity contribution in [2.45, 2.75) is 45.1 Å². The Morgan fingerprint density at radius 3 is 2.46 bits per heavy atom. The van der Waals surface area contributed by atoms with Gasteiger partial charge in [-0.15, -0.1) is 0 Å². The average molecular weight is 405 g/mol. The number of amides is 3. The van der Waals surface area contributed by atoms with E-state index in [9.17, 15) is 14.4 Å². The van der Waals surface area contributed by atoms with E-state index in [0.717, 1.165) is 31.2 Å². The first kappa shape index (κ1) is 20.7. The number of hydrogen-bond donors (Lipinski definition) is 1. The molecule has 0 radical (unpaired) electrons. The molecule has 3 atom stereocenters. The molecule has 1 heterocycles. The summed E-state index contributed by atoms with van der Waals surface area (Å²) < 4.78 is 5.34. The highest BCUT2D eigenvalue weighted by Crippen LogP contribution is 2.39. The molecule has 0 unspecified atom stereocenters. The topological polar surface area (TPSA) is 75.7 Å². The molecule has 152 valence electrons. The predicted octanol–water partition coefficient (Wildman–Crippen LogP) is 3.24. The van der Waals surface area contributed by atoms with Crippen LogP contribution in [0.25, 0.3) is 0 Å². The Balaban J connectivity index is 1.85. The maximum absolute atomic E-state index is 13.2. The zero-order valence-corrected chi connectivity index (χ0v) is 17.5. The van der Waals surface area contributed by atoms with Crippen molar-refractivity contribution in [1.82, 2.24) is 4.90 Å². The van der Waals surface area contributed by atoms with Crippen LogP contribution >= 0.6 is 11.8 Å². The van der Waals surface area contributed by atoms with Crippen molar-refractivity contribution in [2.75, 3.05) is 24.4 Å². The van der Waals surface area contributed by atoms with Crippen LogP contribution in [0.2, 0.25) is 0 Å². The number of benzene rings is 1. The lowest BCUT2D eigenvalue weighted by Crippen LogP contribution is -2.48. The molecule has 1 aliphatic heterocycles. The normalized spacial score (nSPS) is 22.8. The largest absolute Gasteiger partial charge is 0.495 e. The van der Waals surface area contributed by atoms with Crippen molar-refractivity contribution in [3.63, 3.8) is 0 Å². The van der Waals surface area contributed by atoms with Gasteiger partial charge in [-0.25, -0.2) is 0 Å². The number of ether oxygens (including phenoxy) is 1. The Hall–Kier alpha value is -2.02. The van der Waals surface area contributed by atoms with Crippen LogP contribution in [0.5, 0.6) is 5.75 Å². The van der Waals surface area contributed by atoms with Gasteiger partial charge < -0.3 is 10.1 Å². The van der Waals surface area contributed by atoms with Gasteiger partial charge in [0.25, 0.3) is 0 Å². The maximum Gasteiger partial charge on any atom is 0.247 e. The van der Waals surface area contributed by atoms with Gasteiger partial charge in [0.05, 0.1) is 24.6 Å². The smallest absolute Gasteiger partial charge is 0.247 e. The monoisotopic (exact) mass is 404 g/mol. The zero-order valence-electron chi connectivity index (χ0n) is 16.7. The van der Waals surface area contributed by atoms with Gasteiger partial charge in [0.2, 0.25) is 17.7 Å². The van der Waals surface area contributed by atoms with Crippen LogP contribution in [0, 0.1) is 18.8 Å². The molecule has 2 aliphatic rings. The summed E-state index contributed by atoms with van der Waals surface area (Å²) in [5.74, 6) is 0.0571. The van der Waals surface area contributed by atoms with Crippen LogP contribution in [0.3, 0.4) is 0 Å². The summed E-state index contributed by atoms with van der Waals surface area (Å²) in [6, 6.07) is 4.74. The van der Waals surface area contributed by atoms with E-state index in [-0.39, 0.29) is 29.6 Å². The number of carbonyl (C=O) groups is 3. The summed E-state index contributed by atoms with van der Waals surface area (Å²) in [5, 5.41) is 2.89. The lowest BCUT2D eigenvalue weighted by Gasteiger charge is -2.26. The zero-order chi connectivity index (χ0) is 20.3. The second-order valence-electron chi connectivity index (χ2n) is 7.53. The van der Waals surface area contributed by atoms with E-state index < -0.39 is 6.04 Å². The van der Waals surface area contributed by atoms with Crippen molar-refractivity contribution in [3.8, 4) is 5.75 Å². The second kappa shape index (κ2) is 8.99. The molecule has 1 aromatic rings. The number of nitrogens with zero attached hydrogens (tertiary/aromatic N) is 1. The number of anilines is 1. The van der Waals surface area contributed by atoms with Gasteiger partial charge in [-0.3, -0.25) is 19.3 Å². The van der Waals surface area contributed by atoms with Gasteiger partial charge >= 0.3 is 0 Å².